The average molecular weight is 406 g/mol. The van der Waals surface area contributed by atoms with Crippen LogP contribution >= 0.6 is 0 Å². The van der Waals surface area contributed by atoms with Crippen LogP contribution in [0.15, 0.2) is 42.8 Å². The lowest BCUT2D eigenvalue weighted by molar-refractivity contribution is -0.109. The molecule has 3 saturated heterocycles. The van der Waals surface area contributed by atoms with Crippen molar-refractivity contribution in [1.29, 1.82) is 0 Å². The Labute approximate surface area is 176 Å². The third kappa shape index (κ3) is 2.88. The van der Waals surface area contributed by atoms with Crippen molar-refractivity contribution in [2.75, 3.05) is 37.6 Å². The van der Waals surface area contributed by atoms with Gasteiger partial charge in [-0.2, -0.15) is 0 Å². The highest BCUT2D eigenvalue weighted by atomic mass is 16.2. The third-order valence-corrected chi connectivity index (χ3v) is 6.77. The van der Waals surface area contributed by atoms with Crippen LogP contribution in [0.5, 0.6) is 0 Å². The molecule has 1 aromatic carbocycles. The highest BCUT2D eigenvalue weighted by Gasteiger charge is 2.51. The predicted molar refractivity (Wildman–Crippen MR) is 113 cm³/mol. The molecule has 1 spiro atoms. The lowest BCUT2D eigenvalue weighted by Gasteiger charge is -2.61. The molecule has 7 heteroatoms. The van der Waals surface area contributed by atoms with Crippen LogP contribution in [0, 0.1) is 5.41 Å². The summed E-state index contributed by atoms with van der Waals surface area (Å²) in [6, 6.07) is 5.25. The van der Waals surface area contributed by atoms with Crippen molar-refractivity contribution in [3.05, 3.63) is 53.9 Å². The number of allylic oxidation sites excluding steroid dienone is 1. The molecule has 5 rings (SSSR count). The number of rotatable bonds is 5. The van der Waals surface area contributed by atoms with Crippen LogP contribution in [-0.2, 0) is 4.79 Å². The number of carbonyl (C=O) groups excluding carboxylic acids is 3. The summed E-state index contributed by atoms with van der Waals surface area (Å²) in [4.78, 5) is 42.5. The molecule has 0 saturated carbocycles. The molecule has 0 bridgehead atoms. The maximum absolute atomic E-state index is 13.1. The Morgan fingerprint density at radius 3 is 2.53 bits per heavy atom. The van der Waals surface area contributed by atoms with Gasteiger partial charge in [-0.3, -0.25) is 14.5 Å². The van der Waals surface area contributed by atoms with Crippen molar-refractivity contribution in [1.82, 2.24) is 15.1 Å². The highest BCUT2D eigenvalue weighted by molar-refractivity contribution is 6.22. The molecule has 30 heavy (non-hydrogen) atoms. The van der Waals surface area contributed by atoms with Crippen molar-refractivity contribution < 1.29 is 14.4 Å². The van der Waals surface area contributed by atoms with Gasteiger partial charge >= 0.3 is 0 Å². The number of nitrogens with one attached hydrogen (secondary N) is 1. The molecule has 0 radical (unpaired) electrons. The zero-order valence-corrected chi connectivity index (χ0v) is 17.0. The number of carbonyl (C=O) groups is 3. The van der Waals surface area contributed by atoms with E-state index in [4.69, 9.17) is 0 Å². The van der Waals surface area contributed by atoms with Crippen molar-refractivity contribution in [3.8, 4) is 0 Å². The first-order valence-electron chi connectivity index (χ1n) is 10.5. The molecule has 4 aliphatic rings. The Kier molecular flexibility index (Phi) is 4.32. The first kappa shape index (κ1) is 19.1. The lowest BCUT2D eigenvalue weighted by Crippen LogP contribution is -2.72. The summed E-state index contributed by atoms with van der Waals surface area (Å²) in [7, 11) is 0. The molecular weight excluding hydrogens is 380 g/mol. The summed E-state index contributed by atoms with van der Waals surface area (Å²) < 4.78 is 0. The van der Waals surface area contributed by atoms with Gasteiger partial charge in [-0.1, -0.05) is 13.2 Å². The quantitative estimate of drug-likeness (QED) is 0.594. The van der Waals surface area contributed by atoms with E-state index in [1.165, 1.54) is 4.90 Å². The fourth-order valence-electron chi connectivity index (χ4n) is 5.31. The normalized spacial score (nSPS) is 25.1. The molecule has 4 aliphatic heterocycles. The zero-order valence-electron chi connectivity index (χ0n) is 17.0. The summed E-state index contributed by atoms with van der Waals surface area (Å²) in [5.74, 6) is -0.483. The van der Waals surface area contributed by atoms with E-state index in [0.717, 1.165) is 50.4 Å². The lowest BCUT2D eigenvalue weighted by atomic mass is 9.72. The summed E-state index contributed by atoms with van der Waals surface area (Å²) in [5, 5.41) is 3.09. The van der Waals surface area contributed by atoms with Gasteiger partial charge in [-0.25, -0.2) is 0 Å². The molecule has 1 N–H and O–H groups in total. The van der Waals surface area contributed by atoms with Gasteiger partial charge in [0.1, 0.15) is 6.29 Å². The molecule has 3 fully saturated rings. The SMILES string of the molecule is C=C1CCC(N2C(=O)c3ccc(N4CC5(CN(CCC=O)C5)C4)cc3C2=O)C(=C)N1. The Bertz CT molecular complexity index is 971. The van der Waals surface area contributed by atoms with Gasteiger partial charge in [0.25, 0.3) is 11.8 Å². The summed E-state index contributed by atoms with van der Waals surface area (Å²) in [6.07, 6.45) is 2.92. The minimum Gasteiger partial charge on any atom is -0.370 e. The highest BCUT2D eigenvalue weighted by Crippen LogP contribution is 2.43. The van der Waals surface area contributed by atoms with Crippen LogP contribution in [0.25, 0.3) is 0 Å². The maximum atomic E-state index is 13.1. The molecule has 0 aliphatic carbocycles. The second-order valence-electron chi connectivity index (χ2n) is 9.04. The van der Waals surface area contributed by atoms with E-state index in [9.17, 15) is 14.4 Å². The van der Waals surface area contributed by atoms with Gasteiger partial charge in [0.15, 0.2) is 0 Å². The topological polar surface area (TPSA) is 73.0 Å². The van der Waals surface area contributed by atoms with E-state index < -0.39 is 0 Å². The molecule has 4 heterocycles. The molecule has 0 aromatic heterocycles. The van der Waals surface area contributed by atoms with Crippen molar-refractivity contribution >= 4 is 23.8 Å². The van der Waals surface area contributed by atoms with Crippen LogP contribution in [-0.4, -0.2) is 66.7 Å². The molecule has 1 unspecified atom stereocenters. The second kappa shape index (κ2) is 6.80. The van der Waals surface area contributed by atoms with E-state index >= 15 is 0 Å². The molecule has 1 aromatic rings. The first-order chi connectivity index (χ1) is 14.4. The number of amides is 2. The Balaban J connectivity index is 1.28. The molecular formula is C23H26N4O3. The average Bonchev–Trinajstić information content (AvgIpc) is 2.90. The van der Waals surface area contributed by atoms with Crippen LogP contribution in [0.1, 0.15) is 40.0 Å². The number of imide groups is 1. The van der Waals surface area contributed by atoms with Gasteiger partial charge in [0.05, 0.1) is 17.2 Å². The molecule has 1 atom stereocenters. The van der Waals surface area contributed by atoms with Crippen LogP contribution in [0.3, 0.4) is 0 Å². The van der Waals surface area contributed by atoms with E-state index in [2.05, 4.69) is 28.3 Å². The van der Waals surface area contributed by atoms with Gasteiger partial charge in [0, 0.05) is 61.6 Å². The number of nitrogens with zero attached hydrogens (tertiary/aromatic N) is 3. The standard InChI is InChI=1S/C23H26N4O3/c1-15-4-7-20(16(2)24-15)27-21(29)18-6-5-17(10-19(18)22(27)30)26-13-23(14-26)11-25(12-23)8-3-9-28/h5-6,9-10,20,24H,1-4,7-8,11-14H2. The van der Waals surface area contributed by atoms with Crippen molar-refractivity contribution in [2.24, 2.45) is 5.41 Å². The van der Waals surface area contributed by atoms with Crippen molar-refractivity contribution in [2.45, 2.75) is 25.3 Å². The largest absolute Gasteiger partial charge is 0.370 e. The third-order valence-electron chi connectivity index (χ3n) is 6.77. The van der Waals surface area contributed by atoms with Crippen molar-refractivity contribution in [3.63, 3.8) is 0 Å². The smallest absolute Gasteiger partial charge is 0.262 e. The minimum atomic E-state index is -0.342. The molecule has 7 nitrogen and oxygen atoms in total. The number of piperidine rings is 1. The maximum Gasteiger partial charge on any atom is 0.262 e. The Morgan fingerprint density at radius 1 is 1.10 bits per heavy atom. The van der Waals surface area contributed by atoms with Crippen LogP contribution in [0.4, 0.5) is 5.69 Å². The number of hydrogen-bond donors (Lipinski definition) is 1. The fraction of sp³-hybridized carbons (Fsp3) is 0.435. The van der Waals surface area contributed by atoms with E-state index in [-0.39, 0.29) is 17.9 Å². The summed E-state index contributed by atoms with van der Waals surface area (Å²) in [5.41, 5.74) is 3.76. The van der Waals surface area contributed by atoms with Gasteiger partial charge in [0.2, 0.25) is 0 Å². The number of likely N-dealkylation sites (tertiary alicyclic amines) is 1. The van der Waals surface area contributed by atoms with Crippen LogP contribution in [0.2, 0.25) is 0 Å². The number of aldehydes is 1. The Morgan fingerprint density at radius 2 is 1.83 bits per heavy atom. The van der Waals surface area contributed by atoms with Gasteiger partial charge in [-0.05, 0) is 31.0 Å². The predicted octanol–water partition coefficient (Wildman–Crippen LogP) is 1.77. The van der Waals surface area contributed by atoms with Gasteiger partial charge < -0.3 is 19.9 Å². The van der Waals surface area contributed by atoms with E-state index in [0.29, 0.717) is 41.5 Å². The number of benzene rings is 1. The molecule has 156 valence electrons. The number of anilines is 1. The van der Waals surface area contributed by atoms with Gasteiger partial charge in [-0.15, -0.1) is 0 Å². The zero-order chi connectivity index (χ0) is 21.0. The first-order valence-corrected chi connectivity index (χ1v) is 10.5. The second-order valence-corrected chi connectivity index (χ2v) is 9.04. The molecule has 2 amide bonds. The monoisotopic (exact) mass is 406 g/mol. The number of hydrogen-bond acceptors (Lipinski definition) is 6. The van der Waals surface area contributed by atoms with E-state index in [1.54, 1.807) is 6.07 Å². The minimum absolute atomic E-state index is 0.240. The number of fused-ring (bicyclic) bond motifs is 1. The van der Waals surface area contributed by atoms with E-state index in [1.807, 2.05) is 12.1 Å². The van der Waals surface area contributed by atoms with Crippen LogP contribution < -0.4 is 10.2 Å². The summed E-state index contributed by atoms with van der Waals surface area (Å²) >= 11 is 0. The summed E-state index contributed by atoms with van der Waals surface area (Å²) in [6.45, 7) is 12.7. The Hall–Kier alpha value is -2.93. The fourth-order valence-corrected chi connectivity index (χ4v) is 5.31.